The van der Waals surface area contributed by atoms with E-state index in [0.29, 0.717) is 12.5 Å². The Morgan fingerprint density at radius 1 is 1.36 bits per heavy atom. The molecule has 0 amide bonds. The van der Waals surface area contributed by atoms with Crippen molar-refractivity contribution < 1.29 is 9.84 Å². The first-order chi connectivity index (χ1) is 6.70. The van der Waals surface area contributed by atoms with Crippen molar-refractivity contribution in [2.24, 2.45) is 5.92 Å². The smallest absolute Gasteiger partial charge is 0.0802 e. The lowest BCUT2D eigenvalue weighted by molar-refractivity contribution is -0.0217. The lowest BCUT2D eigenvalue weighted by atomic mass is 9.95. The van der Waals surface area contributed by atoms with Crippen LogP contribution in [0.5, 0.6) is 0 Å². The van der Waals surface area contributed by atoms with Gasteiger partial charge in [0.2, 0.25) is 0 Å². The van der Waals surface area contributed by atoms with Crippen molar-refractivity contribution >= 4 is 0 Å². The molecule has 1 rings (SSSR count). The van der Waals surface area contributed by atoms with Gasteiger partial charge in [-0.1, -0.05) is 0 Å². The molecule has 1 saturated heterocycles. The van der Waals surface area contributed by atoms with Gasteiger partial charge in [0, 0.05) is 0 Å². The Morgan fingerprint density at radius 3 is 2.86 bits per heavy atom. The number of aliphatic hydroxyl groups is 1. The minimum Gasteiger partial charge on any atom is -0.390 e. The van der Waals surface area contributed by atoms with Crippen LogP contribution in [-0.4, -0.2) is 37.0 Å². The van der Waals surface area contributed by atoms with E-state index in [2.05, 4.69) is 5.32 Å². The Kier molecular flexibility index (Phi) is 5.45. The third-order valence-corrected chi connectivity index (χ3v) is 2.76. The Bertz CT molecular complexity index is 142. The molecule has 84 valence electrons. The van der Waals surface area contributed by atoms with Crippen LogP contribution in [0.1, 0.15) is 33.1 Å². The SMILES string of the molecule is CC(C)OCC(O)C1CCCNCC1. The van der Waals surface area contributed by atoms with E-state index in [1.165, 1.54) is 6.42 Å². The fourth-order valence-corrected chi connectivity index (χ4v) is 1.86. The van der Waals surface area contributed by atoms with Crippen molar-refractivity contribution in [2.75, 3.05) is 19.7 Å². The van der Waals surface area contributed by atoms with Crippen LogP contribution in [0, 0.1) is 5.92 Å². The van der Waals surface area contributed by atoms with Gasteiger partial charge in [0.15, 0.2) is 0 Å². The molecule has 0 spiro atoms. The van der Waals surface area contributed by atoms with Crippen LogP contribution < -0.4 is 5.32 Å². The van der Waals surface area contributed by atoms with Gasteiger partial charge in [-0.25, -0.2) is 0 Å². The van der Waals surface area contributed by atoms with Crippen LogP contribution in [0.2, 0.25) is 0 Å². The van der Waals surface area contributed by atoms with E-state index in [0.717, 1.165) is 25.9 Å². The Morgan fingerprint density at radius 2 is 2.14 bits per heavy atom. The zero-order valence-corrected chi connectivity index (χ0v) is 9.33. The second-order valence-electron chi connectivity index (χ2n) is 4.39. The van der Waals surface area contributed by atoms with Crippen molar-refractivity contribution in [3.63, 3.8) is 0 Å². The molecule has 0 radical (unpaired) electrons. The van der Waals surface area contributed by atoms with E-state index in [1.54, 1.807) is 0 Å². The molecule has 0 aliphatic carbocycles. The lowest BCUT2D eigenvalue weighted by Crippen LogP contribution is -2.28. The van der Waals surface area contributed by atoms with E-state index in [4.69, 9.17) is 4.74 Å². The third kappa shape index (κ3) is 4.40. The van der Waals surface area contributed by atoms with Crippen LogP contribution in [0.25, 0.3) is 0 Å². The Hall–Kier alpha value is -0.120. The molecule has 1 aliphatic rings. The van der Waals surface area contributed by atoms with Gasteiger partial charge < -0.3 is 15.2 Å². The maximum Gasteiger partial charge on any atom is 0.0802 e. The summed E-state index contributed by atoms with van der Waals surface area (Å²) in [5.41, 5.74) is 0. The molecule has 1 aliphatic heterocycles. The summed E-state index contributed by atoms with van der Waals surface area (Å²) in [6.45, 7) is 6.61. The van der Waals surface area contributed by atoms with Gasteiger partial charge in [-0.05, 0) is 52.1 Å². The highest BCUT2D eigenvalue weighted by Crippen LogP contribution is 2.18. The van der Waals surface area contributed by atoms with Gasteiger partial charge in [-0.2, -0.15) is 0 Å². The second kappa shape index (κ2) is 6.38. The number of ether oxygens (including phenoxy) is 1. The fourth-order valence-electron chi connectivity index (χ4n) is 1.86. The molecule has 2 N–H and O–H groups in total. The lowest BCUT2D eigenvalue weighted by Gasteiger charge is -2.21. The maximum atomic E-state index is 9.90. The van der Waals surface area contributed by atoms with E-state index >= 15 is 0 Å². The quantitative estimate of drug-likeness (QED) is 0.717. The molecule has 0 aromatic carbocycles. The van der Waals surface area contributed by atoms with Crippen molar-refractivity contribution in [3.8, 4) is 0 Å². The van der Waals surface area contributed by atoms with Crippen LogP contribution in [0.15, 0.2) is 0 Å². The van der Waals surface area contributed by atoms with Crippen molar-refractivity contribution in [1.82, 2.24) is 5.32 Å². The number of aliphatic hydroxyl groups excluding tert-OH is 1. The highest BCUT2D eigenvalue weighted by Gasteiger charge is 2.20. The van der Waals surface area contributed by atoms with E-state index in [1.807, 2.05) is 13.8 Å². The molecule has 3 nitrogen and oxygen atoms in total. The first-order valence-corrected chi connectivity index (χ1v) is 5.70. The highest BCUT2D eigenvalue weighted by atomic mass is 16.5. The van der Waals surface area contributed by atoms with Gasteiger partial charge in [0.05, 0.1) is 18.8 Å². The molecule has 0 aromatic rings. The first kappa shape index (κ1) is 12.0. The minimum atomic E-state index is -0.280. The van der Waals surface area contributed by atoms with Gasteiger partial charge in [0.25, 0.3) is 0 Å². The molecule has 3 heteroatoms. The van der Waals surface area contributed by atoms with Crippen LogP contribution in [0.3, 0.4) is 0 Å². The first-order valence-electron chi connectivity index (χ1n) is 5.70. The Balaban J connectivity index is 2.23. The summed E-state index contributed by atoms with van der Waals surface area (Å²) in [6, 6.07) is 0. The monoisotopic (exact) mass is 201 g/mol. The minimum absolute atomic E-state index is 0.216. The molecule has 2 unspecified atom stereocenters. The number of nitrogens with one attached hydrogen (secondary N) is 1. The summed E-state index contributed by atoms with van der Waals surface area (Å²) in [4.78, 5) is 0. The van der Waals surface area contributed by atoms with Crippen LogP contribution >= 0.6 is 0 Å². The third-order valence-electron chi connectivity index (χ3n) is 2.76. The molecule has 14 heavy (non-hydrogen) atoms. The molecule has 0 bridgehead atoms. The van der Waals surface area contributed by atoms with Crippen LogP contribution in [-0.2, 0) is 4.74 Å². The molecule has 0 saturated carbocycles. The van der Waals surface area contributed by atoms with E-state index < -0.39 is 0 Å². The maximum absolute atomic E-state index is 9.90. The van der Waals surface area contributed by atoms with E-state index in [-0.39, 0.29) is 12.2 Å². The summed E-state index contributed by atoms with van der Waals surface area (Å²) >= 11 is 0. The van der Waals surface area contributed by atoms with Crippen LogP contribution in [0.4, 0.5) is 0 Å². The summed E-state index contributed by atoms with van der Waals surface area (Å²) < 4.78 is 5.43. The van der Waals surface area contributed by atoms with Crippen molar-refractivity contribution in [1.29, 1.82) is 0 Å². The Labute approximate surface area is 86.8 Å². The number of rotatable bonds is 4. The normalized spacial score (nSPS) is 26.1. The topological polar surface area (TPSA) is 41.5 Å². The molecule has 1 fully saturated rings. The zero-order valence-electron chi connectivity index (χ0n) is 9.33. The number of hydrogen-bond acceptors (Lipinski definition) is 3. The van der Waals surface area contributed by atoms with Crippen molar-refractivity contribution in [2.45, 2.75) is 45.3 Å². The van der Waals surface area contributed by atoms with Gasteiger partial charge in [0.1, 0.15) is 0 Å². The molecule has 1 heterocycles. The van der Waals surface area contributed by atoms with Gasteiger partial charge >= 0.3 is 0 Å². The zero-order chi connectivity index (χ0) is 10.4. The highest BCUT2D eigenvalue weighted by molar-refractivity contribution is 4.73. The molecular formula is C11H23NO2. The molecule has 0 aromatic heterocycles. The predicted octanol–water partition coefficient (Wildman–Crippen LogP) is 1.16. The summed E-state index contributed by atoms with van der Waals surface area (Å²) in [6.07, 6.45) is 3.30. The van der Waals surface area contributed by atoms with Gasteiger partial charge in [-0.15, -0.1) is 0 Å². The summed E-state index contributed by atoms with van der Waals surface area (Å²) in [5.74, 6) is 0.420. The average molecular weight is 201 g/mol. The summed E-state index contributed by atoms with van der Waals surface area (Å²) in [5, 5.41) is 13.2. The van der Waals surface area contributed by atoms with Gasteiger partial charge in [-0.3, -0.25) is 0 Å². The second-order valence-corrected chi connectivity index (χ2v) is 4.39. The molecule has 2 atom stereocenters. The standard InChI is InChI=1S/C11H23NO2/c1-9(2)14-8-11(13)10-4-3-6-12-7-5-10/h9-13H,3-8H2,1-2H3. The van der Waals surface area contributed by atoms with E-state index in [9.17, 15) is 5.11 Å². The number of hydrogen-bond donors (Lipinski definition) is 2. The predicted molar refractivity (Wildman–Crippen MR) is 57.3 cm³/mol. The van der Waals surface area contributed by atoms with Crippen molar-refractivity contribution in [3.05, 3.63) is 0 Å². The fraction of sp³-hybridized carbons (Fsp3) is 1.00. The molecular weight excluding hydrogens is 178 g/mol. The average Bonchev–Trinajstić information content (AvgIpc) is 2.42. The largest absolute Gasteiger partial charge is 0.390 e. The summed E-state index contributed by atoms with van der Waals surface area (Å²) in [7, 11) is 0.